The first-order chi connectivity index (χ1) is 4.75. The van der Waals surface area contributed by atoms with Crippen LogP contribution in [0.25, 0.3) is 0 Å². The fourth-order valence-corrected chi connectivity index (χ4v) is 0.860. The van der Waals surface area contributed by atoms with Crippen molar-refractivity contribution in [2.24, 2.45) is 0 Å². The van der Waals surface area contributed by atoms with Gasteiger partial charge in [-0.05, 0) is 19.4 Å². The fraction of sp³-hybridized carbons (Fsp3) is 0.571. The average molecular weight is 140 g/mol. The lowest BCUT2D eigenvalue weighted by atomic mass is 10.3. The van der Waals surface area contributed by atoms with Crippen LogP contribution in [-0.4, -0.2) is 21.5 Å². The Labute approximate surface area is 60.3 Å². The van der Waals surface area contributed by atoms with E-state index in [0.717, 1.165) is 5.69 Å². The number of aromatic nitrogens is 2. The van der Waals surface area contributed by atoms with E-state index in [1.165, 1.54) is 5.56 Å². The van der Waals surface area contributed by atoms with E-state index in [0.29, 0.717) is 6.54 Å². The van der Waals surface area contributed by atoms with Crippen LogP contribution < -0.4 is 0 Å². The maximum Gasteiger partial charge on any atom is 0.0643 e. The monoisotopic (exact) mass is 140 g/mol. The SMILES string of the molecule is Cc1cnn(CCO)c1C. The predicted molar refractivity (Wildman–Crippen MR) is 38.8 cm³/mol. The van der Waals surface area contributed by atoms with Gasteiger partial charge in [0, 0.05) is 5.69 Å². The Morgan fingerprint density at radius 1 is 1.60 bits per heavy atom. The molecule has 0 aromatic carbocycles. The number of aryl methyl sites for hydroxylation is 1. The quantitative estimate of drug-likeness (QED) is 0.649. The second kappa shape index (κ2) is 2.84. The lowest BCUT2D eigenvalue weighted by Crippen LogP contribution is -2.05. The number of hydrogen-bond donors (Lipinski definition) is 1. The lowest BCUT2D eigenvalue weighted by molar-refractivity contribution is 0.268. The second-order valence-corrected chi connectivity index (χ2v) is 2.36. The molecule has 1 rings (SSSR count). The third-order valence-corrected chi connectivity index (χ3v) is 1.66. The van der Waals surface area contributed by atoms with Crippen molar-refractivity contribution in [2.75, 3.05) is 6.61 Å². The highest BCUT2D eigenvalue weighted by Gasteiger charge is 1.99. The molecule has 1 heterocycles. The van der Waals surface area contributed by atoms with Gasteiger partial charge in [-0.3, -0.25) is 4.68 Å². The molecule has 0 atom stereocenters. The molecule has 3 nitrogen and oxygen atoms in total. The van der Waals surface area contributed by atoms with Gasteiger partial charge in [-0.2, -0.15) is 5.10 Å². The van der Waals surface area contributed by atoms with Gasteiger partial charge < -0.3 is 5.11 Å². The minimum absolute atomic E-state index is 0.155. The molecule has 0 saturated carbocycles. The summed E-state index contributed by atoms with van der Waals surface area (Å²) in [4.78, 5) is 0. The van der Waals surface area contributed by atoms with Crippen LogP contribution in [0.4, 0.5) is 0 Å². The van der Waals surface area contributed by atoms with Gasteiger partial charge in [0.15, 0.2) is 0 Å². The summed E-state index contributed by atoms with van der Waals surface area (Å²) in [6.07, 6.45) is 1.81. The molecule has 1 N–H and O–H groups in total. The Hall–Kier alpha value is -0.830. The molecule has 0 bridgehead atoms. The van der Waals surface area contributed by atoms with Crippen molar-refractivity contribution >= 4 is 0 Å². The molecular weight excluding hydrogens is 128 g/mol. The molecule has 1 aromatic heterocycles. The predicted octanol–water partition coefficient (Wildman–Crippen LogP) is 0.492. The smallest absolute Gasteiger partial charge is 0.0643 e. The Morgan fingerprint density at radius 2 is 2.30 bits per heavy atom. The van der Waals surface area contributed by atoms with Crippen molar-refractivity contribution in [1.29, 1.82) is 0 Å². The Kier molecular flexibility index (Phi) is 2.06. The van der Waals surface area contributed by atoms with Gasteiger partial charge in [0.1, 0.15) is 0 Å². The summed E-state index contributed by atoms with van der Waals surface area (Å²) in [5, 5.41) is 12.7. The van der Waals surface area contributed by atoms with Gasteiger partial charge in [-0.15, -0.1) is 0 Å². The Balaban J connectivity index is 2.83. The largest absolute Gasteiger partial charge is 0.394 e. The molecule has 0 aliphatic carbocycles. The molecule has 0 unspecified atom stereocenters. The minimum Gasteiger partial charge on any atom is -0.394 e. The standard InChI is InChI=1S/C7H12N2O/c1-6-5-8-9(3-4-10)7(6)2/h5,10H,3-4H2,1-2H3. The summed E-state index contributed by atoms with van der Waals surface area (Å²) in [6, 6.07) is 0. The van der Waals surface area contributed by atoms with Gasteiger partial charge in [0.05, 0.1) is 19.3 Å². The first kappa shape index (κ1) is 7.28. The first-order valence-electron chi connectivity index (χ1n) is 3.35. The van der Waals surface area contributed by atoms with Crippen LogP contribution in [0.3, 0.4) is 0 Å². The molecule has 0 radical (unpaired) electrons. The van der Waals surface area contributed by atoms with E-state index in [-0.39, 0.29) is 6.61 Å². The van der Waals surface area contributed by atoms with E-state index >= 15 is 0 Å². The zero-order valence-electron chi connectivity index (χ0n) is 6.33. The maximum atomic E-state index is 8.59. The molecule has 10 heavy (non-hydrogen) atoms. The topological polar surface area (TPSA) is 38.0 Å². The molecular formula is C7H12N2O. The molecule has 0 aliphatic heterocycles. The van der Waals surface area contributed by atoms with Crippen molar-refractivity contribution in [3.05, 3.63) is 17.5 Å². The molecule has 0 amide bonds. The first-order valence-corrected chi connectivity index (χ1v) is 3.35. The van der Waals surface area contributed by atoms with Crippen LogP contribution in [-0.2, 0) is 6.54 Å². The summed E-state index contributed by atoms with van der Waals surface area (Å²) in [5.74, 6) is 0. The van der Waals surface area contributed by atoms with Gasteiger partial charge in [-0.1, -0.05) is 0 Å². The Bertz CT molecular complexity index is 217. The van der Waals surface area contributed by atoms with Crippen molar-refractivity contribution in [2.45, 2.75) is 20.4 Å². The average Bonchev–Trinajstić information content (AvgIpc) is 2.20. The summed E-state index contributed by atoms with van der Waals surface area (Å²) in [7, 11) is 0. The number of aliphatic hydroxyl groups excluding tert-OH is 1. The molecule has 0 aliphatic rings. The third kappa shape index (κ3) is 1.19. The number of rotatable bonds is 2. The maximum absolute atomic E-state index is 8.59. The summed E-state index contributed by atoms with van der Waals surface area (Å²) in [6.45, 7) is 4.76. The van der Waals surface area contributed by atoms with Crippen LogP contribution in [0.2, 0.25) is 0 Å². The Morgan fingerprint density at radius 3 is 2.70 bits per heavy atom. The summed E-state index contributed by atoms with van der Waals surface area (Å²) >= 11 is 0. The molecule has 1 aromatic rings. The molecule has 56 valence electrons. The van der Waals surface area contributed by atoms with Crippen molar-refractivity contribution in [1.82, 2.24) is 9.78 Å². The zero-order valence-corrected chi connectivity index (χ0v) is 6.33. The van der Waals surface area contributed by atoms with E-state index in [1.54, 1.807) is 4.68 Å². The van der Waals surface area contributed by atoms with E-state index in [1.807, 2.05) is 20.0 Å². The van der Waals surface area contributed by atoms with Crippen molar-refractivity contribution in [3.8, 4) is 0 Å². The van der Waals surface area contributed by atoms with E-state index < -0.39 is 0 Å². The highest BCUT2D eigenvalue weighted by Crippen LogP contribution is 2.03. The van der Waals surface area contributed by atoms with Crippen LogP contribution in [0.1, 0.15) is 11.3 Å². The van der Waals surface area contributed by atoms with Crippen LogP contribution in [0, 0.1) is 13.8 Å². The summed E-state index contributed by atoms with van der Waals surface area (Å²) in [5.41, 5.74) is 2.31. The van der Waals surface area contributed by atoms with Crippen LogP contribution >= 0.6 is 0 Å². The highest BCUT2D eigenvalue weighted by atomic mass is 16.3. The van der Waals surface area contributed by atoms with E-state index in [4.69, 9.17) is 5.11 Å². The highest BCUT2D eigenvalue weighted by molar-refractivity contribution is 5.12. The normalized spacial score (nSPS) is 10.3. The van der Waals surface area contributed by atoms with Crippen LogP contribution in [0.15, 0.2) is 6.20 Å². The van der Waals surface area contributed by atoms with Gasteiger partial charge in [0.2, 0.25) is 0 Å². The fourth-order valence-electron chi connectivity index (χ4n) is 0.860. The van der Waals surface area contributed by atoms with Gasteiger partial charge >= 0.3 is 0 Å². The number of nitrogens with zero attached hydrogens (tertiary/aromatic N) is 2. The number of aliphatic hydroxyl groups is 1. The van der Waals surface area contributed by atoms with Gasteiger partial charge in [0.25, 0.3) is 0 Å². The second-order valence-electron chi connectivity index (χ2n) is 2.36. The van der Waals surface area contributed by atoms with E-state index in [2.05, 4.69) is 5.10 Å². The molecule has 3 heteroatoms. The summed E-state index contributed by atoms with van der Waals surface area (Å²) < 4.78 is 1.80. The van der Waals surface area contributed by atoms with Gasteiger partial charge in [-0.25, -0.2) is 0 Å². The van der Waals surface area contributed by atoms with Crippen molar-refractivity contribution in [3.63, 3.8) is 0 Å². The molecule has 0 saturated heterocycles. The van der Waals surface area contributed by atoms with E-state index in [9.17, 15) is 0 Å². The minimum atomic E-state index is 0.155. The zero-order chi connectivity index (χ0) is 7.56. The van der Waals surface area contributed by atoms with Crippen LogP contribution in [0.5, 0.6) is 0 Å². The number of hydrogen-bond acceptors (Lipinski definition) is 2. The molecule has 0 spiro atoms. The third-order valence-electron chi connectivity index (χ3n) is 1.66. The molecule has 0 fully saturated rings. The lowest BCUT2D eigenvalue weighted by Gasteiger charge is -1.99. The van der Waals surface area contributed by atoms with Crippen molar-refractivity contribution < 1.29 is 5.11 Å².